The van der Waals surface area contributed by atoms with Crippen LogP contribution in [0.1, 0.15) is 22.7 Å². The largest absolute Gasteiger partial charge is 0.496 e. The number of rotatable bonds is 4. The minimum atomic E-state index is 0.0895. The molecular formula is C15H24N2O2. The van der Waals surface area contributed by atoms with E-state index in [4.69, 9.17) is 4.74 Å². The smallest absolute Gasteiger partial charge is 0.122 e. The number of hydrogen-bond donors (Lipinski definition) is 2. The highest BCUT2D eigenvalue weighted by Gasteiger charge is 2.23. The second kappa shape index (κ2) is 6.37. The van der Waals surface area contributed by atoms with Crippen LogP contribution in [0.5, 0.6) is 5.75 Å². The van der Waals surface area contributed by atoms with Crippen molar-refractivity contribution >= 4 is 0 Å². The fraction of sp³-hybridized carbons (Fsp3) is 0.600. The van der Waals surface area contributed by atoms with E-state index in [1.165, 1.54) is 11.1 Å². The number of aliphatic hydroxyl groups is 1. The molecule has 1 unspecified atom stereocenters. The molecule has 0 bridgehead atoms. The van der Waals surface area contributed by atoms with Crippen LogP contribution >= 0.6 is 0 Å². The quantitative estimate of drug-likeness (QED) is 0.859. The highest BCUT2D eigenvalue weighted by molar-refractivity contribution is 5.44. The second-order valence-corrected chi connectivity index (χ2v) is 5.09. The van der Waals surface area contributed by atoms with Crippen LogP contribution in [0.25, 0.3) is 0 Å². The fourth-order valence-corrected chi connectivity index (χ4v) is 2.80. The third-order valence-corrected chi connectivity index (χ3v) is 4.12. The first-order valence-electron chi connectivity index (χ1n) is 6.88. The summed E-state index contributed by atoms with van der Waals surface area (Å²) in [6.45, 7) is 8.29. The van der Waals surface area contributed by atoms with E-state index in [2.05, 4.69) is 30.1 Å². The van der Waals surface area contributed by atoms with E-state index >= 15 is 0 Å². The maximum Gasteiger partial charge on any atom is 0.122 e. The monoisotopic (exact) mass is 264 g/mol. The second-order valence-electron chi connectivity index (χ2n) is 5.09. The van der Waals surface area contributed by atoms with Gasteiger partial charge in [0, 0.05) is 26.2 Å². The topological polar surface area (TPSA) is 44.7 Å². The summed E-state index contributed by atoms with van der Waals surface area (Å²) in [4.78, 5) is 2.35. The zero-order chi connectivity index (χ0) is 13.8. The Morgan fingerprint density at radius 2 is 1.95 bits per heavy atom. The molecule has 4 nitrogen and oxygen atoms in total. The molecule has 4 heteroatoms. The summed E-state index contributed by atoms with van der Waals surface area (Å²) in [6, 6.07) is 4.18. The van der Waals surface area contributed by atoms with Crippen molar-refractivity contribution in [3.8, 4) is 5.75 Å². The number of hydrogen-bond acceptors (Lipinski definition) is 4. The first kappa shape index (κ1) is 14.3. The van der Waals surface area contributed by atoms with Crippen LogP contribution in [-0.4, -0.2) is 49.9 Å². The third-order valence-electron chi connectivity index (χ3n) is 4.12. The lowest BCUT2D eigenvalue weighted by atomic mass is 9.95. The van der Waals surface area contributed by atoms with Crippen LogP contribution in [0, 0.1) is 13.8 Å². The Bertz CT molecular complexity index is 428. The average molecular weight is 264 g/mol. The molecule has 0 amide bonds. The molecule has 1 aromatic carbocycles. The Morgan fingerprint density at radius 1 is 1.26 bits per heavy atom. The van der Waals surface area contributed by atoms with Crippen molar-refractivity contribution in [3.05, 3.63) is 28.8 Å². The standard InChI is InChI=1S/C15H24N2O2/c1-11-12(2)15(19-3)5-4-13(11)14(10-18)17-8-6-16-7-9-17/h4-5,14,16,18H,6-10H2,1-3H3. The number of ether oxygens (including phenoxy) is 1. The van der Waals surface area contributed by atoms with Gasteiger partial charge in [0.2, 0.25) is 0 Å². The van der Waals surface area contributed by atoms with Crippen LogP contribution in [0.15, 0.2) is 12.1 Å². The first-order valence-corrected chi connectivity index (χ1v) is 6.88. The Kier molecular flexibility index (Phi) is 4.80. The lowest BCUT2D eigenvalue weighted by molar-refractivity contribution is 0.110. The van der Waals surface area contributed by atoms with Gasteiger partial charge in [0.25, 0.3) is 0 Å². The fourth-order valence-electron chi connectivity index (χ4n) is 2.80. The molecule has 0 aromatic heterocycles. The van der Waals surface area contributed by atoms with Gasteiger partial charge in [-0.2, -0.15) is 0 Å². The third kappa shape index (κ3) is 2.91. The molecule has 1 fully saturated rings. The van der Waals surface area contributed by atoms with Gasteiger partial charge in [-0.3, -0.25) is 4.90 Å². The minimum absolute atomic E-state index is 0.0895. The zero-order valence-corrected chi connectivity index (χ0v) is 12.1. The SMILES string of the molecule is COc1ccc(C(CO)N2CCNCC2)c(C)c1C. The molecule has 2 N–H and O–H groups in total. The molecular weight excluding hydrogens is 240 g/mol. The zero-order valence-electron chi connectivity index (χ0n) is 12.1. The molecule has 1 heterocycles. The molecule has 19 heavy (non-hydrogen) atoms. The van der Waals surface area contributed by atoms with E-state index in [9.17, 15) is 5.11 Å². The Hall–Kier alpha value is -1.10. The molecule has 0 radical (unpaired) electrons. The summed E-state index contributed by atoms with van der Waals surface area (Å²) in [6.07, 6.45) is 0. The van der Waals surface area contributed by atoms with Crippen molar-refractivity contribution in [1.29, 1.82) is 0 Å². The van der Waals surface area contributed by atoms with E-state index in [0.29, 0.717) is 0 Å². The molecule has 1 saturated heterocycles. The van der Waals surface area contributed by atoms with Crippen molar-refractivity contribution in [2.45, 2.75) is 19.9 Å². The normalized spacial score (nSPS) is 18.3. The van der Waals surface area contributed by atoms with Crippen LogP contribution in [0.2, 0.25) is 0 Å². The summed E-state index contributed by atoms with van der Waals surface area (Å²) < 4.78 is 5.35. The summed E-state index contributed by atoms with van der Waals surface area (Å²) in [5.41, 5.74) is 3.59. The number of benzene rings is 1. The van der Waals surface area contributed by atoms with Gasteiger partial charge in [-0.15, -0.1) is 0 Å². The maximum atomic E-state index is 9.78. The molecule has 1 aliphatic heterocycles. The Balaban J connectivity index is 2.30. The Labute approximate surface area is 115 Å². The van der Waals surface area contributed by atoms with Crippen molar-refractivity contribution < 1.29 is 9.84 Å². The molecule has 0 saturated carbocycles. The predicted molar refractivity (Wildman–Crippen MR) is 76.7 cm³/mol. The number of piperazine rings is 1. The molecule has 1 atom stereocenters. The van der Waals surface area contributed by atoms with Crippen molar-refractivity contribution in [2.24, 2.45) is 0 Å². The van der Waals surface area contributed by atoms with Crippen LogP contribution in [0.4, 0.5) is 0 Å². The average Bonchev–Trinajstić information content (AvgIpc) is 2.45. The maximum absolute atomic E-state index is 9.78. The van der Waals surface area contributed by atoms with Gasteiger partial charge in [-0.1, -0.05) is 6.07 Å². The number of methoxy groups -OCH3 is 1. The van der Waals surface area contributed by atoms with Crippen LogP contribution in [-0.2, 0) is 0 Å². The van der Waals surface area contributed by atoms with Gasteiger partial charge in [-0.05, 0) is 36.6 Å². The van der Waals surface area contributed by atoms with Crippen molar-refractivity contribution in [3.63, 3.8) is 0 Å². The van der Waals surface area contributed by atoms with Gasteiger partial charge in [0.15, 0.2) is 0 Å². The number of aliphatic hydroxyl groups excluding tert-OH is 1. The highest BCUT2D eigenvalue weighted by Crippen LogP contribution is 2.30. The van der Waals surface area contributed by atoms with E-state index < -0.39 is 0 Å². The van der Waals surface area contributed by atoms with Gasteiger partial charge in [0.1, 0.15) is 5.75 Å². The molecule has 1 aliphatic rings. The van der Waals surface area contributed by atoms with Gasteiger partial charge >= 0.3 is 0 Å². The van der Waals surface area contributed by atoms with E-state index in [-0.39, 0.29) is 12.6 Å². The number of nitrogens with one attached hydrogen (secondary N) is 1. The van der Waals surface area contributed by atoms with E-state index in [1.807, 2.05) is 6.07 Å². The molecule has 1 aromatic rings. The highest BCUT2D eigenvalue weighted by atomic mass is 16.5. The van der Waals surface area contributed by atoms with Crippen molar-refractivity contribution in [1.82, 2.24) is 10.2 Å². The summed E-state index contributed by atoms with van der Waals surface area (Å²) in [5.74, 6) is 0.915. The molecule has 0 aliphatic carbocycles. The van der Waals surface area contributed by atoms with E-state index in [0.717, 1.165) is 37.5 Å². The molecule has 2 rings (SSSR count). The summed E-state index contributed by atoms with van der Waals surface area (Å²) in [7, 11) is 1.70. The molecule has 106 valence electrons. The van der Waals surface area contributed by atoms with Gasteiger partial charge in [0.05, 0.1) is 19.8 Å². The lowest BCUT2D eigenvalue weighted by Gasteiger charge is -2.35. The van der Waals surface area contributed by atoms with E-state index in [1.54, 1.807) is 7.11 Å². The first-order chi connectivity index (χ1) is 9.19. The summed E-state index contributed by atoms with van der Waals surface area (Å²) >= 11 is 0. The Morgan fingerprint density at radius 3 is 2.53 bits per heavy atom. The summed E-state index contributed by atoms with van der Waals surface area (Å²) in [5, 5.41) is 13.1. The van der Waals surface area contributed by atoms with Crippen LogP contribution < -0.4 is 10.1 Å². The van der Waals surface area contributed by atoms with Crippen LogP contribution in [0.3, 0.4) is 0 Å². The van der Waals surface area contributed by atoms with Gasteiger partial charge < -0.3 is 15.2 Å². The minimum Gasteiger partial charge on any atom is -0.496 e. The molecule has 0 spiro atoms. The van der Waals surface area contributed by atoms with Crippen molar-refractivity contribution in [2.75, 3.05) is 39.9 Å². The predicted octanol–water partition coefficient (Wildman–Crippen LogP) is 1.25. The lowest BCUT2D eigenvalue weighted by Crippen LogP contribution is -2.46. The van der Waals surface area contributed by atoms with Gasteiger partial charge in [-0.25, -0.2) is 0 Å². The number of nitrogens with zero attached hydrogens (tertiary/aromatic N) is 1.